The van der Waals surface area contributed by atoms with E-state index in [1.807, 2.05) is 19.1 Å². The van der Waals surface area contributed by atoms with E-state index in [-0.39, 0.29) is 12.1 Å². The van der Waals surface area contributed by atoms with Crippen LogP contribution in [0.15, 0.2) is 18.2 Å². The molecule has 2 amide bonds. The van der Waals surface area contributed by atoms with E-state index in [9.17, 15) is 4.79 Å². The molecule has 0 aromatic heterocycles. The van der Waals surface area contributed by atoms with Gasteiger partial charge in [0.25, 0.3) is 0 Å². The fourth-order valence-electron chi connectivity index (χ4n) is 1.72. The number of benzene rings is 1. The molecule has 1 aliphatic rings. The maximum absolute atomic E-state index is 11.6. The van der Waals surface area contributed by atoms with Crippen LogP contribution >= 0.6 is 0 Å². The number of anilines is 2. The zero-order valence-electron chi connectivity index (χ0n) is 9.82. The normalized spacial score (nSPS) is 19.0. The number of hydrogen-bond acceptors (Lipinski definition) is 3. The van der Waals surface area contributed by atoms with Gasteiger partial charge in [0.2, 0.25) is 0 Å². The van der Waals surface area contributed by atoms with Crippen molar-refractivity contribution in [1.82, 2.24) is 5.32 Å². The minimum atomic E-state index is -0.219. The van der Waals surface area contributed by atoms with Gasteiger partial charge in [-0.2, -0.15) is 0 Å². The number of amides is 2. The van der Waals surface area contributed by atoms with Crippen molar-refractivity contribution in [2.24, 2.45) is 0 Å². The van der Waals surface area contributed by atoms with Crippen molar-refractivity contribution >= 4 is 17.4 Å². The lowest BCUT2D eigenvalue weighted by molar-refractivity contribution is 0.189. The first-order valence-electron chi connectivity index (χ1n) is 5.66. The summed E-state index contributed by atoms with van der Waals surface area (Å²) in [6, 6.07) is 5.35. The Bertz CT molecular complexity index is 414. The molecule has 1 aromatic rings. The number of rotatable bonds is 2. The molecule has 1 aromatic carbocycles. The Balaban J connectivity index is 1.90. The zero-order chi connectivity index (χ0) is 12.3. The maximum atomic E-state index is 11.6. The smallest absolute Gasteiger partial charge is 0.319 e. The molecule has 1 saturated heterocycles. The molecule has 1 heterocycles. The van der Waals surface area contributed by atoms with Gasteiger partial charge in [0, 0.05) is 18.0 Å². The Morgan fingerprint density at radius 1 is 1.53 bits per heavy atom. The second kappa shape index (κ2) is 5.05. The van der Waals surface area contributed by atoms with Crippen LogP contribution in [0, 0.1) is 6.92 Å². The SMILES string of the molecule is Cc1ccc(NC(=O)NC2CCOC2)cc1N. The van der Waals surface area contributed by atoms with Crippen LogP contribution in [0.3, 0.4) is 0 Å². The van der Waals surface area contributed by atoms with Crippen molar-refractivity contribution in [2.45, 2.75) is 19.4 Å². The number of carbonyl (C=O) groups excluding carboxylic acids is 1. The molecule has 4 N–H and O–H groups in total. The van der Waals surface area contributed by atoms with Crippen molar-refractivity contribution in [2.75, 3.05) is 24.3 Å². The van der Waals surface area contributed by atoms with Gasteiger partial charge in [0.1, 0.15) is 0 Å². The first-order valence-corrected chi connectivity index (χ1v) is 5.66. The second-order valence-electron chi connectivity index (χ2n) is 4.23. The Labute approximate surface area is 100 Å². The Hall–Kier alpha value is -1.75. The van der Waals surface area contributed by atoms with E-state index in [2.05, 4.69) is 10.6 Å². The van der Waals surface area contributed by atoms with Gasteiger partial charge in [-0.25, -0.2) is 4.79 Å². The van der Waals surface area contributed by atoms with Crippen LogP contribution in [-0.4, -0.2) is 25.3 Å². The van der Waals surface area contributed by atoms with Crippen molar-refractivity contribution in [3.05, 3.63) is 23.8 Å². The van der Waals surface area contributed by atoms with Crippen molar-refractivity contribution in [1.29, 1.82) is 0 Å². The Kier molecular flexibility index (Phi) is 3.49. The van der Waals surface area contributed by atoms with Gasteiger partial charge in [-0.1, -0.05) is 6.07 Å². The van der Waals surface area contributed by atoms with E-state index < -0.39 is 0 Å². The maximum Gasteiger partial charge on any atom is 0.319 e. The average molecular weight is 235 g/mol. The van der Waals surface area contributed by atoms with Crippen LogP contribution in [0.1, 0.15) is 12.0 Å². The molecular weight excluding hydrogens is 218 g/mol. The molecule has 0 radical (unpaired) electrons. The molecule has 1 unspecified atom stereocenters. The molecule has 92 valence electrons. The van der Waals surface area contributed by atoms with Gasteiger partial charge in [0.05, 0.1) is 12.6 Å². The quantitative estimate of drug-likeness (QED) is 0.680. The molecule has 0 aliphatic carbocycles. The molecule has 0 bridgehead atoms. The van der Waals surface area contributed by atoms with E-state index in [0.717, 1.165) is 12.0 Å². The first kappa shape index (κ1) is 11.7. The fourth-order valence-corrected chi connectivity index (χ4v) is 1.72. The summed E-state index contributed by atoms with van der Waals surface area (Å²) in [5, 5.41) is 5.60. The van der Waals surface area contributed by atoms with Crippen LogP contribution in [0.4, 0.5) is 16.2 Å². The predicted octanol–water partition coefficient (Wildman–Crippen LogP) is 1.49. The number of ether oxygens (including phenoxy) is 1. The lowest BCUT2D eigenvalue weighted by Gasteiger charge is -2.12. The zero-order valence-corrected chi connectivity index (χ0v) is 9.82. The molecule has 5 heteroatoms. The highest BCUT2D eigenvalue weighted by atomic mass is 16.5. The molecule has 5 nitrogen and oxygen atoms in total. The fraction of sp³-hybridized carbons (Fsp3) is 0.417. The summed E-state index contributed by atoms with van der Waals surface area (Å²) in [6.07, 6.45) is 0.865. The number of nitrogens with one attached hydrogen (secondary N) is 2. The highest BCUT2D eigenvalue weighted by Gasteiger charge is 2.17. The van der Waals surface area contributed by atoms with Crippen molar-refractivity contribution in [3.8, 4) is 0 Å². The summed E-state index contributed by atoms with van der Waals surface area (Å²) in [5.74, 6) is 0. The Morgan fingerprint density at radius 3 is 3.00 bits per heavy atom. The Morgan fingerprint density at radius 2 is 2.35 bits per heavy atom. The molecule has 2 rings (SSSR count). The van der Waals surface area contributed by atoms with Gasteiger partial charge >= 0.3 is 6.03 Å². The number of nitrogens with two attached hydrogens (primary N) is 1. The lowest BCUT2D eigenvalue weighted by atomic mass is 10.2. The number of hydrogen-bond donors (Lipinski definition) is 3. The van der Waals surface area contributed by atoms with E-state index in [1.165, 1.54) is 0 Å². The lowest BCUT2D eigenvalue weighted by Crippen LogP contribution is -2.38. The third-order valence-corrected chi connectivity index (χ3v) is 2.80. The van der Waals surface area contributed by atoms with Crippen LogP contribution in [0.2, 0.25) is 0 Å². The molecule has 1 fully saturated rings. The standard InChI is InChI=1S/C12H17N3O2/c1-8-2-3-9(6-11(8)13)14-12(16)15-10-4-5-17-7-10/h2-3,6,10H,4-5,7,13H2,1H3,(H2,14,15,16). The predicted molar refractivity (Wildman–Crippen MR) is 67.0 cm³/mol. The summed E-state index contributed by atoms with van der Waals surface area (Å²) in [6.45, 7) is 3.22. The minimum absolute atomic E-state index is 0.109. The molecule has 1 atom stereocenters. The van der Waals surface area contributed by atoms with Gasteiger partial charge in [-0.3, -0.25) is 0 Å². The highest BCUT2D eigenvalue weighted by molar-refractivity contribution is 5.90. The van der Waals surface area contributed by atoms with Crippen LogP contribution in [0.5, 0.6) is 0 Å². The summed E-state index contributed by atoms with van der Waals surface area (Å²) in [5.41, 5.74) is 8.14. The van der Waals surface area contributed by atoms with Gasteiger partial charge in [-0.15, -0.1) is 0 Å². The average Bonchev–Trinajstić information content (AvgIpc) is 2.76. The van der Waals surface area contributed by atoms with Gasteiger partial charge in [0.15, 0.2) is 0 Å². The van der Waals surface area contributed by atoms with Gasteiger partial charge < -0.3 is 21.1 Å². The minimum Gasteiger partial charge on any atom is -0.398 e. The summed E-state index contributed by atoms with van der Waals surface area (Å²) in [7, 11) is 0. The second-order valence-corrected chi connectivity index (χ2v) is 4.23. The van der Waals surface area contributed by atoms with Crippen LogP contribution < -0.4 is 16.4 Å². The third-order valence-electron chi connectivity index (χ3n) is 2.80. The number of aryl methyl sites for hydroxylation is 1. The number of nitrogen functional groups attached to an aromatic ring is 1. The van der Waals surface area contributed by atoms with E-state index in [1.54, 1.807) is 6.07 Å². The number of urea groups is 1. The van der Waals surface area contributed by atoms with E-state index in [0.29, 0.717) is 24.6 Å². The third kappa shape index (κ3) is 3.10. The largest absolute Gasteiger partial charge is 0.398 e. The molecule has 0 saturated carbocycles. The topological polar surface area (TPSA) is 76.4 Å². The molecule has 1 aliphatic heterocycles. The van der Waals surface area contributed by atoms with Crippen molar-refractivity contribution < 1.29 is 9.53 Å². The summed E-state index contributed by atoms with van der Waals surface area (Å²) in [4.78, 5) is 11.6. The molecule has 0 spiro atoms. The number of carbonyl (C=O) groups is 1. The van der Waals surface area contributed by atoms with E-state index >= 15 is 0 Å². The highest BCUT2D eigenvalue weighted by Crippen LogP contribution is 2.16. The summed E-state index contributed by atoms with van der Waals surface area (Å²) >= 11 is 0. The van der Waals surface area contributed by atoms with Crippen LogP contribution in [-0.2, 0) is 4.74 Å². The summed E-state index contributed by atoms with van der Waals surface area (Å²) < 4.78 is 5.18. The molecule has 17 heavy (non-hydrogen) atoms. The van der Waals surface area contributed by atoms with Crippen molar-refractivity contribution in [3.63, 3.8) is 0 Å². The monoisotopic (exact) mass is 235 g/mol. The van der Waals surface area contributed by atoms with Gasteiger partial charge in [-0.05, 0) is 31.0 Å². The van der Waals surface area contributed by atoms with E-state index in [4.69, 9.17) is 10.5 Å². The molecular formula is C12H17N3O2. The first-order chi connectivity index (χ1) is 8.15. The van der Waals surface area contributed by atoms with Crippen LogP contribution in [0.25, 0.3) is 0 Å².